The Bertz CT molecular complexity index is 664. The van der Waals surface area contributed by atoms with Gasteiger partial charge in [0.15, 0.2) is 6.61 Å². The molecule has 2 aromatic rings. The van der Waals surface area contributed by atoms with E-state index < -0.39 is 24.4 Å². The number of amides is 2. The zero-order valence-electron chi connectivity index (χ0n) is 11.7. The molecule has 0 saturated heterocycles. The van der Waals surface area contributed by atoms with Gasteiger partial charge in [0.1, 0.15) is 5.75 Å². The van der Waals surface area contributed by atoms with Crippen LogP contribution in [0.5, 0.6) is 5.75 Å². The number of esters is 1. The third-order valence-electron chi connectivity index (χ3n) is 2.66. The number of hydrogen-bond acceptors (Lipinski definition) is 6. The van der Waals surface area contributed by atoms with Gasteiger partial charge in [0.25, 0.3) is 11.8 Å². The Morgan fingerprint density at radius 2 is 1.86 bits per heavy atom. The fourth-order valence-corrected chi connectivity index (χ4v) is 2.19. The van der Waals surface area contributed by atoms with Crippen LogP contribution in [-0.2, 0) is 9.53 Å². The molecule has 0 saturated carbocycles. The fraction of sp³-hybridized carbons (Fsp3) is 0.133. The molecule has 6 nitrogen and oxygen atoms in total. The molecule has 0 aliphatic carbocycles. The second kappa shape index (κ2) is 7.37. The number of benzene rings is 1. The lowest BCUT2D eigenvalue weighted by atomic mass is 10.2. The fourth-order valence-electron chi connectivity index (χ4n) is 1.57. The van der Waals surface area contributed by atoms with Crippen molar-refractivity contribution in [2.75, 3.05) is 13.7 Å². The molecule has 0 radical (unpaired) electrons. The Kier molecular flexibility index (Phi) is 5.26. The molecule has 0 bridgehead atoms. The number of carbonyl (C=O) groups is 3. The van der Waals surface area contributed by atoms with Gasteiger partial charge in [-0.3, -0.25) is 14.9 Å². The predicted octanol–water partition coefficient (Wildman–Crippen LogP) is 1.87. The second-order valence-corrected chi connectivity index (χ2v) is 5.11. The first-order chi connectivity index (χ1) is 10.6. The van der Waals surface area contributed by atoms with Gasteiger partial charge in [-0.25, -0.2) is 4.79 Å². The van der Waals surface area contributed by atoms with Crippen molar-refractivity contribution in [1.29, 1.82) is 0 Å². The van der Waals surface area contributed by atoms with Gasteiger partial charge in [-0.05, 0) is 35.7 Å². The molecule has 114 valence electrons. The lowest BCUT2D eigenvalue weighted by Crippen LogP contribution is -2.33. The first-order valence-electron chi connectivity index (χ1n) is 6.29. The summed E-state index contributed by atoms with van der Waals surface area (Å²) in [7, 11) is 1.52. The van der Waals surface area contributed by atoms with E-state index in [-0.39, 0.29) is 5.56 Å². The van der Waals surface area contributed by atoms with Gasteiger partial charge in [0.05, 0.1) is 17.6 Å². The van der Waals surface area contributed by atoms with E-state index in [9.17, 15) is 14.4 Å². The number of hydrogen-bond donors (Lipinski definition) is 1. The molecule has 0 spiro atoms. The highest BCUT2D eigenvalue weighted by molar-refractivity contribution is 7.12. The minimum atomic E-state index is -0.680. The molecule has 1 heterocycles. The lowest BCUT2D eigenvalue weighted by molar-refractivity contribution is -0.123. The summed E-state index contributed by atoms with van der Waals surface area (Å²) in [5.74, 6) is -1.24. The van der Waals surface area contributed by atoms with Crippen molar-refractivity contribution < 1.29 is 23.9 Å². The van der Waals surface area contributed by atoms with Crippen LogP contribution in [0.1, 0.15) is 20.0 Å². The topological polar surface area (TPSA) is 81.7 Å². The maximum atomic E-state index is 11.7. The Morgan fingerprint density at radius 3 is 2.45 bits per heavy atom. The van der Waals surface area contributed by atoms with E-state index in [0.717, 1.165) is 0 Å². The molecule has 0 aliphatic heterocycles. The zero-order chi connectivity index (χ0) is 15.9. The zero-order valence-corrected chi connectivity index (χ0v) is 12.5. The minimum Gasteiger partial charge on any atom is -0.497 e. The number of carbonyl (C=O) groups excluding carboxylic acids is 3. The first-order valence-corrected chi connectivity index (χ1v) is 7.17. The summed E-state index contributed by atoms with van der Waals surface area (Å²) in [5, 5.41) is 3.87. The lowest BCUT2D eigenvalue weighted by Gasteiger charge is -2.06. The van der Waals surface area contributed by atoms with Crippen LogP contribution < -0.4 is 10.1 Å². The summed E-state index contributed by atoms with van der Waals surface area (Å²) in [6.45, 7) is -0.526. The highest BCUT2D eigenvalue weighted by Gasteiger charge is 2.14. The number of imide groups is 1. The molecule has 22 heavy (non-hydrogen) atoms. The average Bonchev–Trinajstić information content (AvgIpc) is 3.07. The van der Waals surface area contributed by atoms with Gasteiger partial charge in [-0.2, -0.15) is 0 Å². The molecule has 0 unspecified atom stereocenters. The summed E-state index contributed by atoms with van der Waals surface area (Å²) in [6.07, 6.45) is 0. The molecule has 0 atom stereocenters. The maximum absolute atomic E-state index is 11.7. The summed E-state index contributed by atoms with van der Waals surface area (Å²) in [4.78, 5) is 35.3. The van der Waals surface area contributed by atoms with Gasteiger partial charge in [0, 0.05) is 0 Å². The van der Waals surface area contributed by atoms with Crippen LogP contribution in [0.15, 0.2) is 41.8 Å². The van der Waals surface area contributed by atoms with Crippen molar-refractivity contribution >= 4 is 29.1 Å². The molecule has 7 heteroatoms. The molecule has 1 aromatic heterocycles. The third kappa shape index (κ3) is 4.16. The van der Waals surface area contributed by atoms with Crippen LogP contribution in [0.3, 0.4) is 0 Å². The SMILES string of the molecule is COc1ccc(C(=O)OCC(=O)NC(=O)c2cccs2)cc1. The highest BCUT2D eigenvalue weighted by Crippen LogP contribution is 2.12. The first kappa shape index (κ1) is 15.7. The average molecular weight is 319 g/mol. The van der Waals surface area contributed by atoms with Gasteiger partial charge in [-0.1, -0.05) is 6.07 Å². The van der Waals surface area contributed by atoms with Crippen molar-refractivity contribution in [2.24, 2.45) is 0 Å². The number of ether oxygens (including phenoxy) is 2. The van der Waals surface area contributed by atoms with Crippen LogP contribution in [0, 0.1) is 0 Å². The number of nitrogens with one attached hydrogen (secondary N) is 1. The third-order valence-corrected chi connectivity index (χ3v) is 3.53. The molecular weight excluding hydrogens is 306 g/mol. The van der Waals surface area contributed by atoms with Gasteiger partial charge >= 0.3 is 5.97 Å². The van der Waals surface area contributed by atoms with Gasteiger partial charge in [0.2, 0.25) is 0 Å². The van der Waals surface area contributed by atoms with Crippen molar-refractivity contribution in [2.45, 2.75) is 0 Å². The quantitative estimate of drug-likeness (QED) is 0.851. The molecule has 0 fully saturated rings. The second-order valence-electron chi connectivity index (χ2n) is 4.16. The summed E-state index contributed by atoms with van der Waals surface area (Å²) in [5.41, 5.74) is 0.290. The van der Waals surface area contributed by atoms with Crippen molar-refractivity contribution in [1.82, 2.24) is 5.32 Å². The van der Waals surface area contributed by atoms with Crippen LogP contribution in [0.4, 0.5) is 0 Å². The molecular formula is C15H13NO5S. The Labute approximate surface area is 130 Å². The van der Waals surface area contributed by atoms with Gasteiger partial charge < -0.3 is 9.47 Å². The van der Waals surface area contributed by atoms with E-state index in [2.05, 4.69) is 5.32 Å². The molecule has 1 aromatic carbocycles. The van der Waals surface area contributed by atoms with Crippen molar-refractivity contribution in [3.8, 4) is 5.75 Å². The monoisotopic (exact) mass is 319 g/mol. The van der Waals surface area contributed by atoms with Crippen molar-refractivity contribution in [3.05, 3.63) is 52.2 Å². The summed E-state index contributed by atoms with van der Waals surface area (Å²) < 4.78 is 9.81. The van der Waals surface area contributed by atoms with E-state index in [1.54, 1.807) is 29.6 Å². The van der Waals surface area contributed by atoms with Crippen LogP contribution in [0.2, 0.25) is 0 Å². The Hall–Kier alpha value is -2.67. The summed E-state index contributed by atoms with van der Waals surface area (Å²) in [6, 6.07) is 9.56. The van der Waals surface area contributed by atoms with Crippen LogP contribution in [0.25, 0.3) is 0 Å². The largest absolute Gasteiger partial charge is 0.497 e. The van der Waals surface area contributed by atoms with Gasteiger partial charge in [-0.15, -0.1) is 11.3 Å². The molecule has 2 amide bonds. The Morgan fingerprint density at radius 1 is 1.14 bits per heavy atom. The van der Waals surface area contributed by atoms with E-state index >= 15 is 0 Å². The normalized spacial score (nSPS) is 9.86. The standard InChI is InChI=1S/C15H13NO5S/c1-20-11-6-4-10(5-7-11)15(19)21-9-13(17)16-14(18)12-3-2-8-22-12/h2-8H,9H2,1H3,(H,16,17,18). The summed E-state index contributed by atoms with van der Waals surface area (Å²) >= 11 is 1.21. The maximum Gasteiger partial charge on any atom is 0.338 e. The Balaban J connectivity index is 1.82. The van der Waals surface area contributed by atoms with E-state index in [4.69, 9.17) is 9.47 Å². The molecule has 1 N–H and O–H groups in total. The van der Waals surface area contributed by atoms with Crippen LogP contribution >= 0.6 is 11.3 Å². The van der Waals surface area contributed by atoms with Crippen LogP contribution in [-0.4, -0.2) is 31.5 Å². The number of rotatable bonds is 5. The van der Waals surface area contributed by atoms with Crippen molar-refractivity contribution in [3.63, 3.8) is 0 Å². The number of thiophene rings is 1. The van der Waals surface area contributed by atoms with E-state index in [1.165, 1.54) is 30.6 Å². The van der Waals surface area contributed by atoms with E-state index in [0.29, 0.717) is 10.6 Å². The van der Waals surface area contributed by atoms with E-state index in [1.807, 2.05) is 0 Å². The minimum absolute atomic E-state index is 0.290. The molecule has 0 aliphatic rings. The highest BCUT2D eigenvalue weighted by atomic mass is 32.1. The number of methoxy groups -OCH3 is 1. The molecule has 2 rings (SSSR count). The smallest absolute Gasteiger partial charge is 0.338 e. The predicted molar refractivity (Wildman–Crippen MR) is 80.1 cm³/mol.